The van der Waals surface area contributed by atoms with Gasteiger partial charge in [-0.3, -0.25) is 13.9 Å². The van der Waals surface area contributed by atoms with Crippen molar-refractivity contribution in [2.45, 2.75) is 64.1 Å². The van der Waals surface area contributed by atoms with Crippen molar-refractivity contribution in [1.29, 1.82) is 0 Å². The van der Waals surface area contributed by atoms with Crippen LogP contribution in [0.15, 0.2) is 72.8 Å². The summed E-state index contributed by atoms with van der Waals surface area (Å²) in [5.74, 6) is 0.556. The van der Waals surface area contributed by atoms with Crippen molar-refractivity contribution in [3.05, 3.63) is 83.9 Å². The summed E-state index contributed by atoms with van der Waals surface area (Å²) in [4.78, 5) is 30.2. The minimum absolute atomic E-state index is 0.0305. The average molecular weight is 650 g/mol. The van der Waals surface area contributed by atoms with Gasteiger partial charge < -0.3 is 24.4 Å². The number of amides is 2. The van der Waals surface area contributed by atoms with Gasteiger partial charge in [-0.1, -0.05) is 61.7 Å². The van der Waals surface area contributed by atoms with Gasteiger partial charge in [-0.05, 0) is 55.2 Å². The molecule has 0 radical (unpaired) electrons. The highest BCUT2D eigenvalue weighted by Gasteiger charge is 2.35. The predicted molar refractivity (Wildman–Crippen MR) is 177 cm³/mol. The number of hydrogen-bond acceptors (Lipinski definition) is 7. The van der Waals surface area contributed by atoms with Crippen LogP contribution in [0.1, 0.15) is 50.2 Å². The van der Waals surface area contributed by atoms with Crippen LogP contribution < -0.4 is 23.8 Å². The fraction of sp³-hybridized carbons (Fsp3) is 0.429. The van der Waals surface area contributed by atoms with E-state index >= 15 is 0 Å². The second kappa shape index (κ2) is 15.4. The van der Waals surface area contributed by atoms with Gasteiger partial charge in [0.25, 0.3) is 0 Å². The molecule has 1 heterocycles. The number of hydrogen-bond donors (Lipinski definition) is 1. The van der Waals surface area contributed by atoms with Crippen LogP contribution in [0, 0.1) is 0 Å². The first-order chi connectivity index (χ1) is 22.3. The van der Waals surface area contributed by atoms with E-state index in [-0.39, 0.29) is 36.4 Å². The summed E-state index contributed by atoms with van der Waals surface area (Å²) >= 11 is 0. The normalized spacial score (nSPS) is 15.4. The molecule has 0 aromatic heterocycles. The lowest BCUT2D eigenvalue weighted by Gasteiger charge is -2.35. The maximum absolute atomic E-state index is 14.5. The summed E-state index contributed by atoms with van der Waals surface area (Å²) < 4.78 is 44.9. The Bertz CT molecular complexity index is 1590. The highest BCUT2D eigenvalue weighted by molar-refractivity contribution is 7.92. The third-order valence-electron chi connectivity index (χ3n) is 8.50. The third kappa shape index (κ3) is 8.31. The maximum Gasteiger partial charge on any atom is 0.244 e. The predicted octanol–water partition coefficient (Wildman–Crippen LogP) is 4.71. The molecule has 246 valence electrons. The number of methoxy groups -OCH3 is 1. The maximum atomic E-state index is 14.5. The van der Waals surface area contributed by atoms with Gasteiger partial charge in [0.05, 0.1) is 18.6 Å². The molecule has 46 heavy (non-hydrogen) atoms. The zero-order valence-corrected chi connectivity index (χ0v) is 27.3. The van der Waals surface area contributed by atoms with Gasteiger partial charge >= 0.3 is 0 Å². The highest BCUT2D eigenvalue weighted by atomic mass is 32.2. The zero-order valence-electron chi connectivity index (χ0n) is 26.5. The number of nitrogens with zero attached hydrogens (tertiary/aromatic N) is 2. The van der Waals surface area contributed by atoms with Gasteiger partial charge in [-0.2, -0.15) is 0 Å². The van der Waals surface area contributed by atoms with Crippen molar-refractivity contribution in [2.75, 3.05) is 36.9 Å². The molecular formula is C35H43N3O7S. The van der Waals surface area contributed by atoms with Crippen LogP contribution in [0.4, 0.5) is 5.69 Å². The standard InChI is InChI=1S/C35H43N3O7S/c1-3-46(41,42)38(29-17-18-32-33(23-29)45-20-19-44-32)25-34(39)37(24-27-13-10-16-30(21-27)43-2)31(22-26-11-6-4-7-12-26)35(40)36-28-14-8-5-9-15-28/h4,6-7,10-13,16-18,21,23,28,31H,3,5,8-9,14-15,19-20,22,24-25H2,1-2H3,(H,36,40)/t31-/m1/s1. The van der Waals surface area contributed by atoms with Gasteiger partial charge in [-0.25, -0.2) is 8.42 Å². The second-order valence-electron chi connectivity index (χ2n) is 11.7. The van der Waals surface area contributed by atoms with Crippen LogP contribution in [0.3, 0.4) is 0 Å². The van der Waals surface area contributed by atoms with E-state index in [1.807, 2.05) is 54.6 Å². The Kier molecular flexibility index (Phi) is 11.1. The van der Waals surface area contributed by atoms with Gasteiger partial charge in [-0.15, -0.1) is 0 Å². The molecule has 0 unspecified atom stereocenters. The van der Waals surface area contributed by atoms with Crippen LogP contribution in [-0.4, -0.2) is 69.8 Å². The number of fused-ring (bicyclic) bond motifs is 1. The summed E-state index contributed by atoms with van der Waals surface area (Å²) in [6.07, 6.45) is 5.27. The van der Waals surface area contributed by atoms with Gasteiger partial charge in [0.1, 0.15) is 31.5 Å². The van der Waals surface area contributed by atoms with Crippen LogP contribution in [0.5, 0.6) is 17.2 Å². The van der Waals surface area contributed by atoms with Gasteiger partial charge in [0.15, 0.2) is 11.5 Å². The molecule has 2 amide bonds. The largest absolute Gasteiger partial charge is 0.497 e. The Balaban J connectivity index is 1.53. The molecule has 11 heteroatoms. The topological polar surface area (TPSA) is 114 Å². The molecule has 1 fully saturated rings. The monoisotopic (exact) mass is 649 g/mol. The van der Waals surface area contributed by atoms with Crippen molar-refractivity contribution in [1.82, 2.24) is 10.2 Å². The SMILES string of the molecule is CCS(=O)(=O)N(CC(=O)N(Cc1cccc(OC)c1)[C@H](Cc1ccccc1)C(=O)NC1CCCCC1)c1ccc2c(c1)OCCO2. The fourth-order valence-corrected chi connectivity index (χ4v) is 7.03. The molecule has 0 bridgehead atoms. The summed E-state index contributed by atoms with van der Waals surface area (Å²) in [7, 11) is -2.34. The van der Waals surface area contributed by atoms with Gasteiger partial charge in [0, 0.05) is 25.1 Å². The van der Waals surface area contributed by atoms with Crippen LogP contribution in [0.2, 0.25) is 0 Å². The Labute approximate surface area is 271 Å². The van der Waals surface area contributed by atoms with Crippen molar-refractivity contribution in [3.63, 3.8) is 0 Å². The van der Waals surface area contributed by atoms with E-state index in [0.29, 0.717) is 30.5 Å². The number of sulfonamides is 1. The number of carbonyl (C=O) groups excluding carboxylic acids is 2. The molecule has 3 aromatic rings. The van der Waals surface area contributed by atoms with Crippen LogP contribution in [0.25, 0.3) is 0 Å². The number of benzene rings is 3. The summed E-state index contributed by atoms with van der Waals surface area (Å²) in [6.45, 7) is 1.84. The third-order valence-corrected chi connectivity index (χ3v) is 10.2. The molecule has 10 nitrogen and oxygen atoms in total. The molecule has 1 atom stereocenters. The first-order valence-corrected chi connectivity index (χ1v) is 17.5. The lowest BCUT2D eigenvalue weighted by molar-refractivity contribution is -0.140. The Morgan fingerprint density at radius 3 is 2.35 bits per heavy atom. The lowest BCUT2D eigenvalue weighted by atomic mass is 9.94. The summed E-state index contributed by atoms with van der Waals surface area (Å²) in [6, 6.07) is 20.9. The summed E-state index contributed by atoms with van der Waals surface area (Å²) in [5.41, 5.74) is 1.92. The van der Waals surface area contributed by atoms with E-state index in [9.17, 15) is 18.0 Å². The molecule has 1 N–H and O–H groups in total. The molecule has 1 aliphatic heterocycles. The van der Waals surface area contributed by atoms with Crippen LogP contribution in [-0.2, 0) is 32.6 Å². The number of rotatable bonds is 13. The van der Waals surface area contributed by atoms with Crippen LogP contribution >= 0.6 is 0 Å². The molecule has 0 spiro atoms. The lowest BCUT2D eigenvalue weighted by Crippen LogP contribution is -2.55. The first kappa shape index (κ1) is 33.1. The highest BCUT2D eigenvalue weighted by Crippen LogP contribution is 2.35. The Hall–Kier alpha value is -4.25. The van der Waals surface area contributed by atoms with E-state index in [4.69, 9.17) is 14.2 Å². The van der Waals surface area contributed by atoms with E-state index in [2.05, 4.69) is 5.32 Å². The number of anilines is 1. The Morgan fingerprint density at radius 1 is 0.913 bits per heavy atom. The van der Waals surface area contributed by atoms with Crippen molar-refractivity contribution in [2.24, 2.45) is 0 Å². The van der Waals surface area contributed by atoms with E-state index < -0.39 is 28.5 Å². The van der Waals surface area contributed by atoms with Gasteiger partial charge in [0.2, 0.25) is 21.8 Å². The molecule has 0 saturated heterocycles. The molecule has 5 rings (SSSR count). The number of nitrogens with one attached hydrogen (secondary N) is 1. The molecule has 2 aliphatic rings. The smallest absolute Gasteiger partial charge is 0.244 e. The van der Waals surface area contributed by atoms with Crippen molar-refractivity contribution < 1.29 is 32.2 Å². The minimum Gasteiger partial charge on any atom is -0.497 e. The number of carbonyl (C=O) groups is 2. The molecular weight excluding hydrogens is 606 g/mol. The fourth-order valence-electron chi connectivity index (χ4n) is 5.97. The van der Waals surface area contributed by atoms with E-state index in [1.54, 1.807) is 25.3 Å². The average Bonchev–Trinajstić information content (AvgIpc) is 3.09. The zero-order chi connectivity index (χ0) is 32.5. The van der Waals surface area contributed by atoms with E-state index in [0.717, 1.165) is 47.5 Å². The molecule has 1 saturated carbocycles. The van der Waals surface area contributed by atoms with Crippen molar-refractivity contribution in [3.8, 4) is 17.2 Å². The first-order valence-electron chi connectivity index (χ1n) is 15.9. The quantitative estimate of drug-likeness (QED) is 0.285. The van der Waals surface area contributed by atoms with Crippen molar-refractivity contribution >= 4 is 27.5 Å². The molecule has 3 aromatic carbocycles. The minimum atomic E-state index is -3.91. The van der Waals surface area contributed by atoms with E-state index in [1.165, 1.54) is 11.8 Å². The number of ether oxygens (including phenoxy) is 3. The Morgan fingerprint density at radius 2 is 1.63 bits per heavy atom. The summed E-state index contributed by atoms with van der Waals surface area (Å²) in [5, 5.41) is 3.22. The molecule has 1 aliphatic carbocycles. The second-order valence-corrected chi connectivity index (χ2v) is 13.8.